The molecule has 3 nitrogen and oxygen atoms in total. The number of benzene rings is 9. The van der Waals surface area contributed by atoms with E-state index in [9.17, 15) is 0 Å². The second-order valence-electron chi connectivity index (χ2n) is 24.8. The maximum absolute atomic E-state index is 2.61. The van der Waals surface area contributed by atoms with Crippen molar-refractivity contribution in [1.29, 1.82) is 0 Å². The summed E-state index contributed by atoms with van der Waals surface area (Å²) in [5.74, 6) is 0.399. The van der Waals surface area contributed by atoms with Gasteiger partial charge in [-0.25, -0.2) is 0 Å². The van der Waals surface area contributed by atoms with Crippen molar-refractivity contribution in [3.05, 3.63) is 268 Å². The molecule has 2 fully saturated rings. The third-order valence-corrected chi connectivity index (χ3v) is 19.5. The van der Waals surface area contributed by atoms with Crippen LogP contribution in [0, 0.1) is 34.6 Å². The van der Waals surface area contributed by atoms with Crippen molar-refractivity contribution in [2.45, 2.75) is 161 Å². The molecule has 0 aliphatic heterocycles. The van der Waals surface area contributed by atoms with Gasteiger partial charge in [0.2, 0.25) is 0 Å². The molecule has 3 heteroatoms. The zero-order valence-corrected chi connectivity index (χ0v) is 50.4. The van der Waals surface area contributed by atoms with Crippen molar-refractivity contribution in [2.24, 2.45) is 0 Å². The van der Waals surface area contributed by atoms with Gasteiger partial charge in [-0.05, 0) is 211 Å². The summed E-state index contributed by atoms with van der Waals surface area (Å²) in [6.45, 7) is 18.3. The molecule has 0 N–H and O–H groups in total. The topological polar surface area (TPSA) is 9.72 Å². The number of nitrogens with zero attached hydrogens (tertiary/aromatic N) is 3. The molecule has 2 unspecified atom stereocenters. The summed E-state index contributed by atoms with van der Waals surface area (Å²) in [4.78, 5) is 7.30. The van der Waals surface area contributed by atoms with E-state index >= 15 is 0 Å². The summed E-state index contributed by atoms with van der Waals surface area (Å²) in [6.07, 6.45) is 15.8. The average Bonchev–Trinajstić information content (AvgIpc) is 3.56. The van der Waals surface area contributed by atoms with Crippen LogP contribution in [0.15, 0.2) is 218 Å². The van der Waals surface area contributed by atoms with Crippen LogP contribution in [0.1, 0.15) is 160 Å². The van der Waals surface area contributed by atoms with E-state index < -0.39 is 0 Å². The molecule has 0 spiro atoms. The van der Waals surface area contributed by atoms with E-state index in [1.165, 1.54) is 165 Å². The molecule has 82 heavy (non-hydrogen) atoms. The molecule has 0 saturated heterocycles. The fourth-order valence-electron chi connectivity index (χ4n) is 15.0. The van der Waals surface area contributed by atoms with Crippen LogP contribution >= 0.6 is 0 Å². The number of anilines is 9. The molecule has 2 aliphatic carbocycles. The summed E-state index contributed by atoms with van der Waals surface area (Å²) >= 11 is 0. The minimum absolute atomic E-state index is 0.00297. The molecule has 0 amide bonds. The lowest BCUT2D eigenvalue weighted by atomic mass is 9.51. The summed E-state index contributed by atoms with van der Waals surface area (Å²) in [5.41, 5.74) is 22.8. The van der Waals surface area contributed by atoms with E-state index in [-0.39, 0.29) is 16.2 Å². The number of hydrogen-bond acceptors (Lipinski definition) is 3. The second-order valence-corrected chi connectivity index (χ2v) is 24.8. The molecule has 2 saturated carbocycles. The standard InChI is InChI=1S/C79H87N3/c1-9-53-77(8,79(56-15-12-16-57-79)66-33-51-75(52-34-66)81(69-39-21-60(5)22-40-69)70-41-23-61(6)24-42-70)64-29-47-73(48-30-64)82(71-43-25-62(7)26-44-71)74-49-31-65(32-50-74)78(54-13-11-14-55-78)76(10-2)63-27-45-72(46-28-63)80(67-35-17-58(3)18-36-67)68-37-19-59(4)20-38-68/h17-52,76H,9-16,53-57H2,1-8H3. The minimum Gasteiger partial charge on any atom is -0.311 e. The Balaban J connectivity index is 0.915. The Hall–Kier alpha value is -7.62. The second kappa shape index (κ2) is 24.5. The van der Waals surface area contributed by atoms with Gasteiger partial charge < -0.3 is 14.7 Å². The Kier molecular flexibility index (Phi) is 16.8. The quantitative estimate of drug-likeness (QED) is 0.0848. The van der Waals surface area contributed by atoms with Crippen molar-refractivity contribution in [3.63, 3.8) is 0 Å². The first-order valence-corrected chi connectivity index (χ1v) is 31.1. The highest BCUT2D eigenvalue weighted by Gasteiger charge is 2.50. The average molecular weight is 1080 g/mol. The Labute approximate surface area is 492 Å². The summed E-state index contributed by atoms with van der Waals surface area (Å²) in [5, 5.41) is 0. The fourth-order valence-corrected chi connectivity index (χ4v) is 15.0. The highest BCUT2D eigenvalue weighted by Crippen LogP contribution is 2.57. The third-order valence-electron chi connectivity index (χ3n) is 19.5. The predicted molar refractivity (Wildman–Crippen MR) is 352 cm³/mol. The van der Waals surface area contributed by atoms with Gasteiger partial charge in [0.15, 0.2) is 0 Å². The van der Waals surface area contributed by atoms with Crippen LogP contribution < -0.4 is 14.7 Å². The van der Waals surface area contributed by atoms with Crippen LogP contribution in [-0.2, 0) is 16.2 Å². The van der Waals surface area contributed by atoms with Crippen LogP contribution in [0.25, 0.3) is 0 Å². The van der Waals surface area contributed by atoms with Gasteiger partial charge in [-0.15, -0.1) is 0 Å². The van der Waals surface area contributed by atoms with E-state index in [0.717, 1.165) is 19.3 Å². The molecular weight excluding hydrogens is 991 g/mol. The molecule has 9 aromatic carbocycles. The zero-order chi connectivity index (χ0) is 56.8. The fraction of sp³-hybridized carbons (Fsp3) is 0.316. The monoisotopic (exact) mass is 1080 g/mol. The van der Waals surface area contributed by atoms with E-state index in [2.05, 4.69) is 288 Å². The molecule has 0 radical (unpaired) electrons. The third kappa shape index (κ3) is 11.2. The Morgan fingerprint density at radius 3 is 0.939 bits per heavy atom. The van der Waals surface area contributed by atoms with Crippen LogP contribution in [0.5, 0.6) is 0 Å². The van der Waals surface area contributed by atoms with Crippen molar-refractivity contribution in [3.8, 4) is 0 Å². The van der Waals surface area contributed by atoms with Gasteiger partial charge in [0, 0.05) is 67.4 Å². The first-order chi connectivity index (χ1) is 39.9. The molecule has 2 aliphatic rings. The molecule has 11 rings (SSSR count). The molecule has 0 bridgehead atoms. The van der Waals surface area contributed by atoms with Gasteiger partial charge in [-0.2, -0.15) is 0 Å². The van der Waals surface area contributed by atoms with Crippen LogP contribution in [0.2, 0.25) is 0 Å². The first-order valence-electron chi connectivity index (χ1n) is 31.1. The van der Waals surface area contributed by atoms with Gasteiger partial charge in [-0.3, -0.25) is 0 Å². The van der Waals surface area contributed by atoms with Crippen molar-refractivity contribution >= 4 is 51.2 Å². The Morgan fingerprint density at radius 1 is 0.341 bits per heavy atom. The maximum Gasteiger partial charge on any atom is 0.0461 e. The molecular formula is C79H87N3. The van der Waals surface area contributed by atoms with Crippen molar-refractivity contribution < 1.29 is 0 Å². The number of aryl methyl sites for hydroxylation is 5. The van der Waals surface area contributed by atoms with E-state index in [1.54, 1.807) is 0 Å². The maximum atomic E-state index is 2.61. The lowest BCUT2D eigenvalue weighted by Crippen LogP contribution is -2.48. The van der Waals surface area contributed by atoms with Gasteiger partial charge in [0.25, 0.3) is 0 Å². The van der Waals surface area contributed by atoms with Gasteiger partial charge >= 0.3 is 0 Å². The zero-order valence-electron chi connectivity index (χ0n) is 50.4. The Morgan fingerprint density at radius 2 is 0.622 bits per heavy atom. The molecule has 2 atom stereocenters. The lowest BCUT2D eigenvalue weighted by molar-refractivity contribution is 0.151. The summed E-state index contributed by atoms with van der Waals surface area (Å²) < 4.78 is 0. The summed E-state index contributed by atoms with van der Waals surface area (Å²) in [6, 6.07) is 84.0. The van der Waals surface area contributed by atoms with Crippen LogP contribution in [-0.4, -0.2) is 0 Å². The van der Waals surface area contributed by atoms with Gasteiger partial charge in [0.05, 0.1) is 0 Å². The van der Waals surface area contributed by atoms with Crippen LogP contribution in [0.3, 0.4) is 0 Å². The predicted octanol–water partition coefficient (Wildman–Crippen LogP) is 23.0. The molecule has 0 heterocycles. The van der Waals surface area contributed by atoms with Crippen LogP contribution in [0.4, 0.5) is 51.2 Å². The van der Waals surface area contributed by atoms with Crippen molar-refractivity contribution in [1.82, 2.24) is 0 Å². The largest absolute Gasteiger partial charge is 0.311 e. The SMILES string of the molecule is CCCC(C)(c1ccc(N(c2ccc(C)cc2)c2ccc(C3(C(CC)c4ccc(N(c5ccc(C)cc5)c5ccc(C)cc5)cc4)CCCCC3)cc2)cc1)C1(c2ccc(N(c3ccc(C)cc3)c3ccc(C)cc3)cc2)CCCCC1. The first kappa shape index (κ1) is 56.3. The molecule has 0 aromatic heterocycles. The number of hydrogen-bond donors (Lipinski definition) is 0. The lowest BCUT2D eigenvalue weighted by Gasteiger charge is -2.52. The highest BCUT2D eigenvalue weighted by molar-refractivity contribution is 5.80. The van der Waals surface area contributed by atoms with Crippen molar-refractivity contribution in [2.75, 3.05) is 14.7 Å². The normalized spacial score (nSPS) is 16.0. The summed E-state index contributed by atoms with van der Waals surface area (Å²) in [7, 11) is 0. The highest BCUT2D eigenvalue weighted by atomic mass is 15.2. The smallest absolute Gasteiger partial charge is 0.0461 e. The molecule has 418 valence electrons. The van der Waals surface area contributed by atoms with Gasteiger partial charge in [-0.1, -0.05) is 203 Å². The van der Waals surface area contributed by atoms with E-state index in [1.807, 2.05) is 0 Å². The Bertz CT molecular complexity index is 3380. The number of rotatable bonds is 18. The van der Waals surface area contributed by atoms with E-state index in [0.29, 0.717) is 5.92 Å². The minimum atomic E-state index is -0.0713. The molecule has 9 aromatic rings. The van der Waals surface area contributed by atoms with Gasteiger partial charge in [0.1, 0.15) is 0 Å². The van der Waals surface area contributed by atoms with E-state index in [4.69, 9.17) is 0 Å².